The second kappa shape index (κ2) is 5.86. The normalized spacial score (nSPS) is 9.95. The Morgan fingerprint density at radius 2 is 2.05 bits per heavy atom. The summed E-state index contributed by atoms with van der Waals surface area (Å²) in [7, 11) is 1.54. The Kier molecular flexibility index (Phi) is 3.97. The van der Waals surface area contributed by atoms with E-state index in [9.17, 15) is 4.79 Å². The minimum absolute atomic E-state index is 0.0991. The molecular weight excluding hydrogens is 242 g/mol. The third kappa shape index (κ3) is 3.45. The number of methoxy groups -OCH3 is 1. The first kappa shape index (κ1) is 12.9. The molecule has 0 saturated carbocycles. The van der Waals surface area contributed by atoms with Gasteiger partial charge in [-0.05, 0) is 29.8 Å². The smallest absolute Gasteiger partial charge is 0.228 e. The SMILES string of the molecule is COc1cc(NC(=O)Cc2ccncc2)ccc1N. The number of carbonyl (C=O) groups is 1. The molecule has 0 fully saturated rings. The molecule has 5 nitrogen and oxygen atoms in total. The number of nitrogens with two attached hydrogens (primary N) is 1. The maximum Gasteiger partial charge on any atom is 0.228 e. The van der Waals surface area contributed by atoms with E-state index >= 15 is 0 Å². The minimum Gasteiger partial charge on any atom is -0.495 e. The molecule has 1 aromatic heterocycles. The Bertz CT molecular complexity index is 570. The van der Waals surface area contributed by atoms with Crippen molar-refractivity contribution in [3.63, 3.8) is 0 Å². The van der Waals surface area contributed by atoms with Gasteiger partial charge in [0.2, 0.25) is 5.91 Å². The standard InChI is InChI=1S/C14H15N3O2/c1-19-13-9-11(2-3-12(13)15)17-14(18)8-10-4-6-16-7-5-10/h2-7,9H,8,15H2,1H3,(H,17,18). The number of hydrogen-bond donors (Lipinski definition) is 2. The zero-order chi connectivity index (χ0) is 13.7. The number of nitrogens with zero attached hydrogens (tertiary/aromatic N) is 1. The number of aromatic nitrogens is 1. The fourth-order valence-electron chi connectivity index (χ4n) is 1.68. The highest BCUT2D eigenvalue weighted by Gasteiger charge is 2.06. The van der Waals surface area contributed by atoms with Gasteiger partial charge < -0.3 is 15.8 Å². The third-order valence-corrected chi connectivity index (χ3v) is 2.63. The monoisotopic (exact) mass is 257 g/mol. The van der Waals surface area contributed by atoms with E-state index in [0.717, 1.165) is 5.56 Å². The van der Waals surface area contributed by atoms with Crippen LogP contribution in [0, 0.1) is 0 Å². The number of carbonyl (C=O) groups excluding carboxylic acids is 1. The van der Waals surface area contributed by atoms with Crippen molar-refractivity contribution in [3.8, 4) is 5.75 Å². The van der Waals surface area contributed by atoms with E-state index in [1.54, 1.807) is 30.6 Å². The summed E-state index contributed by atoms with van der Waals surface area (Å²) in [5.41, 5.74) is 7.82. The summed E-state index contributed by atoms with van der Waals surface area (Å²) in [6.45, 7) is 0. The molecule has 1 aromatic carbocycles. The first-order chi connectivity index (χ1) is 9.19. The zero-order valence-corrected chi connectivity index (χ0v) is 10.6. The van der Waals surface area contributed by atoms with Gasteiger partial charge in [0.05, 0.1) is 19.2 Å². The van der Waals surface area contributed by atoms with Gasteiger partial charge in [0.15, 0.2) is 0 Å². The molecule has 2 rings (SSSR count). The fraction of sp³-hybridized carbons (Fsp3) is 0.143. The van der Waals surface area contributed by atoms with Gasteiger partial charge in [-0.25, -0.2) is 0 Å². The van der Waals surface area contributed by atoms with Crippen LogP contribution in [0.2, 0.25) is 0 Å². The van der Waals surface area contributed by atoms with Gasteiger partial charge in [-0.15, -0.1) is 0 Å². The number of hydrogen-bond acceptors (Lipinski definition) is 4. The maximum absolute atomic E-state index is 11.9. The summed E-state index contributed by atoms with van der Waals surface area (Å²) in [5, 5.41) is 2.80. The van der Waals surface area contributed by atoms with Crippen LogP contribution in [-0.4, -0.2) is 18.0 Å². The lowest BCUT2D eigenvalue weighted by atomic mass is 10.2. The Morgan fingerprint density at radius 1 is 1.32 bits per heavy atom. The van der Waals surface area contributed by atoms with Crippen LogP contribution in [0.4, 0.5) is 11.4 Å². The van der Waals surface area contributed by atoms with Crippen LogP contribution < -0.4 is 15.8 Å². The number of anilines is 2. The quantitative estimate of drug-likeness (QED) is 0.819. The lowest BCUT2D eigenvalue weighted by Gasteiger charge is -2.09. The summed E-state index contributed by atoms with van der Waals surface area (Å²) in [6.07, 6.45) is 3.62. The second-order valence-corrected chi connectivity index (χ2v) is 4.04. The molecule has 5 heteroatoms. The molecule has 1 amide bonds. The molecule has 98 valence electrons. The highest BCUT2D eigenvalue weighted by molar-refractivity contribution is 5.92. The highest BCUT2D eigenvalue weighted by atomic mass is 16.5. The number of pyridine rings is 1. The van der Waals surface area contributed by atoms with Gasteiger partial charge in [0, 0.05) is 24.1 Å². The number of amides is 1. The fourth-order valence-corrected chi connectivity index (χ4v) is 1.68. The van der Waals surface area contributed by atoms with Crippen LogP contribution in [-0.2, 0) is 11.2 Å². The highest BCUT2D eigenvalue weighted by Crippen LogP contribution is 2.24. The van der Waals surface area contributed by atoms with Crippen LogP contribution in [0.3, 0.4) is 0 Å². The van der Waals surface area contributed by atoms with Crippen molar-refractivity contribution in [3.05, 3.63) is 48.3 Å². The van der Waals surface area contributed by atoms with E-state index in [4.69, 9.17) is 10.5 Å². The predicted octanol–water partition coefficient (Wildman–Crippen LogP) is 1.85. The average Bonchev–Trinajstić information content (AvgIpc) is 2.42. The topological polar surface area (TPSA) is 77.2 Å². The van der Waals surface area contributed by atoms with Crippen LogP contribution in [0.15, 0.2) is 42.7 Å². The number of nitrogens with one attached hydrogen (secondary N) is 1. The molecule has 2 aromatic rings. The molecule has 0 unspecified atom stereocenters. The third-order valence-electron chi connectivity index (χ3n) is 2.63. The van der Waals surface area contributed by atoms with Gasteiger partial charge >= 0.3 is 0 Å². The molecule has 0 spiro atoms. The van der Waals surface area contributed by atoms with Crippen molar-refractivity contribution in [2.45, 2.75) is 6.42 Å². The molecule has 0 aliphatic carbocycles. The molecule has 1 heterocycles. The predicted molar refractivity (Wildman–Crippen MR) is 74.0 cm³/mol. The van der Waals surface area contributed by atoms with Crippen LogP contribution in [0.25, 0.3) is 0 Å². The van der Waals surface area contributed by atoms with Gasteiger partial charge in [0.25, 0.3) is 0 Å². The number of nitrogen functional groups attached to an aromatic ring is 1. The Morgan fingerprint density at radius 3 is 2.74 bits per heavy atom. The summed E-state index contributed by atoms with van der Waals surface area (Å²) < 4.78 is 5.10. The molecule has 3 N–H and O–H groups in total. The van der Waals surface area contributed by atoms with E-state index in [-0.39, 0.29) is 5.91 Å². The lowest BCUT2D eigenvalue weighted by Crippen LogP contribution is -2.14. The van der Waals surface area contributed by atoms with Crippen molar-refractivity contribution in [2.24, 2.45) is 0 Å². The van der Waals surface area contributed by atoms with E-state index < -0.39 is 0 Å². The molecule has 0 atom stereocenters. The van der Waals surface area contributed by atoms with Gasteiger partial charge in [-0.3, -0.25) is 9.78 Å². The van der Waals surface area contributed by atoms with Crippen LogP contribution >= 0.6 is 0 Å². The molecule has 0 bridgehead atoms. The molecule has 0 aliphatic heterocycles. The maximum atomic E-state index is 11.9. The van der Waals surface area contributed by atoms with Crippen molar-refractivity contribution in [1.82, 2.24) is 4.98 Å². The number of ether oxygens (including phenoxy) is 1. The average molecular weight is 257 g/mol. The van der Waals surface area contributed by atoms with Crippen molar-refractivity contribution in [1.29, 1.82) is 0 Å². The summed E-state index contributed by atoms with van der Waals surface area (Å²) in [4.78, 5) is 15.8. The Hall–Kier alpha value is -2.56. The van der Waals surface area contributed by atoms with E-state index in [0.29, 0.717) is 23.5 Å². The van der Waals surface area contributed by atoms with Crippen LogP contribution in [0.5, 0.6) is 5.75 Å². The number of rotatable bonds is 4. The van der Waals surface area contributed by atoms with Crippen molar-refractivity contribution >= 4 is 17.3 Å². The zero-order valence-electron chi connectivity index (χ0n) is 10.6. The molecule has 0 radical (unpaired) electrons. The first-order valence-electron chi connectivity index (χ1n) is 5.81. The molecule has 19 heavy (non-hydrogen) atoms. The van der Waals surface area contributed by atoms with Gasteiger partial charge in [0.1, 0.15) is 5.75 Å². The first-order valence-corrected chi connectivity index (χ1v) is 5.81. The Balaban J connectivity index is 2.03. The van der Waals surface area contributed by atoms with E-state index in [1.165, 1.54) is 7.11 Å². The van der Waals surface area contributed by atoms with Crippen molar-refractivity contribution in [2.75, 3.05) is 18.2 Å². The molecule has 0 aliphatic rings. The Labute approximate surface area is 111 Å². The largest absolute Gasteiger partial charge is 0.495 e. The second-order valence-electron chi connectivity index (χ2n) is 4.04. The van der Waals surface area contributed by atoms with Gasteiger partial charge in [-0.1, -0.05) is 0 Å². The summed E-state index contributed by atoms with van der Waals surface area (Å²) in [6, 6.07) is 8.75. The minimum atomic E-state index is -0.0991. The molecule has 0 saturated heterocycles. The van der Waals surface area contributed by atoms with Gasteiger partial charge in [-0.2, -0.15) is 0 Å². The number of benzene rings is 1. The van der Waals surface area contributed by atoms with Crippen LogP contribution in [0.1, 0.15) is 5.56 Å². The van der Waals surface area contributed by atoms with E-state index in [1.807, 2.05) is 12.1 Å². The van der Waals surface area contributed by atoms with E-state index in [2.05, 4.69) is 10.3 Å². The lowest BCUT2D eigenvalue weighted by molar-refractivity contribution is -0.115. The van der Waals surface area contributed by atoms with Crippen molar-refractivity contribution < 1.29 is 9.53 Å². The molecular formula is C14H15N3O2. The summed E-state index contributed by atoms with van der Waals surface area (Å²) >= 11 is 0. The summed E-state index contributed by atoms with van der Waals surface area (Å²) in [5.74, 6) is 0.444.